The van der Waals surface area contributed by atoms with Gasteiger partial charge < -0.3 is 9.84 Å². The highest BCUT2D eigenvalue weighted by atomic mass is 16.5. The molecule has 3 saturated carbocycles. The molecule has 0 bridgehead atoms. The van der Waals surface area contributed by atoms with Gasteiger partial charge >= 0.3 is 5.97 Å². The molecule has 0 radical (unpaired) electrons. The summed E-state index contributed by atoms with van der Waals surface area (Å²) in [5, 5.41) is 10.1. The third kappa shape index (κ3) is 4.89. The fourth-order valence-corrected chi connectivity index (χ4v) is 9.61. The van der Waals surface area contributed by atoms with Crippen LogP contribution in [0.5, 0.6) is 5.75 Å². The van der Waals surface area contributed by atoms with E-state index in [4.69, 9.17) is 4.74 Å². The molecule has 3 fully saturated rings. The number of carbonyl (C=O) groups is 1. The van der Waals surface area contributed by atoms with Crippen LogP contribution in [0.25, 0.3) is 0 Å². The lowest BCUT2D eigenvalue weighted by Gasteiger charge is -2.58. The van der Waals surface area contributed by atoms with Gasteiger partial charge in [0.05, 0.1) is 0 Å². The molecule has 1 aromatic carbocycles. The molecule has 4 aliphatic rings. The van der Waals surface area contributed by atoms with Gasteiger partial charge in [-0.15, -0.1) is 0 Å². The highest BCUT2D eigenvalue weighted by Gasteiger charge is 2.59. The van der Waals surface area contributed by atoms with Crippen LogP contribution in [0, 0.1) is 46.3 Å². The number of rotatable bonds is 7. The van der Waals surface area contributed by atoms with Crippen LogP contribution >= 0.6 is 0 Å². The van der Waals surface area contributed by atoms with Crippen molar-refractivity contribution in [1.29, 1.82) is 0 Å². The number of benzene rings is 1. The summed E-state index contributed by atoms with van der Waals surface area (Å²) in [4.78, 5) is 12.7. The molecule has 204 valence electrons. The Kier molecular flexibility index (Phi) is 7.55. The average molecular weight is 507 g/mol. The van der Waals surface area contributed by atoms with Crippen molar-refractivity contribution in [1.82, 2.24) is 0 Å². The first kappa shape index (κ1) is 26.8. The SMILES string of the molecule is CC(C)CCC[C@@H](C)[C@H]1CCC2C3CC=C4CC(OC(=O)c5ccccc5O)CC[C@]4(C)C3CC[C@@]21C. The van der Waals surface area contributed by atoms with E-state index in [-0.39, 0.29) is 22.8 Å². The van der Waals surface area contributed by atoms with E-state index in [1.54, 1.807) is 24.3 Å². The lowest BCUT2D eigenvalue weighted by Crippen LogP contribution is -2.51. The molecule has 37 heavy (non-hydrogen) atoms. The Bertz CT molecular complexity index is 1010. The highest BCUT2D eigenvalue weighted by Crippen LogP contribution is 2.67. The largest absolute Gasteiger partial charge is 0.507 e. The molecular weight excluding hydrogens is 456 g/mol. The maximum Gasteiger partial charge on any atom is 0.342 e. The Morgan fingerprint density at radius 2 is 1.81 bits per heavy atom. The lowest BCUT2D eigenvalue weighted by atomic mass is 9.47. The second-order valence-corrected chi connectivity index (χ2v) is 14.1. The maximum absolute atomic E-state index is 12.7. The molecule has 5 rings (SSSR count). The van der Waals surface area contributed by atoms with Gasteiger partial charge in [-0.25, -0.2) is 4.79 Å². The number of esters is 1. The Morgan fingerprint density at radius 1 is 1.03 bits per heavy atom. The lowest BCUT2D eigenvalue weighted by molar-refractivity contribution is -0.0594. The summed E-state index contributed by atoms with van der Waals surface area (Å²) in [6.45, 7) is 12.5. The number of ether oxygens (including phenoxy) is 1. The first-order valence-electron chi connectivity index (χ1n) is 15.3. The summed E-state index contributed by atoms with van der Waals surface area (Å²) >= 11 is 0. The molecular formula is C34H50O3. The predicted octanol–water partition coefficient (Wildman–Crippen LogP) is 8.96. The van der Waals surface area contributed by atoms with E-state index in [9.17, 15) is 9.90 Å². The van der Waals surface area contributed by atoms with Gasteiger partial charge in [0.1, 0.15) is 17.4 Å². The van der Waals surface area contributed by atoms with Crippen molar-refractivity contribution in [2.45, 2.75) is 111 Å². The van der Waals surface area contributed by atoms with Crippen LogP contribution in [-0.2, 0) is 4.74 Å². The number of carbonyl (C=O) groups excluding carboxylic acids is 1. The third-order valence-corrected chi connectivity index (χ3v) is 11.7. The van der Waals surface area contributed by atoms with E-state index in [0.717, 1.165) is 54.8 Å². The van der Waals surface area contributed by atoms with Gasteiger partial charge in [-0.1, -0.05) is 77.7 Å². The van der Waals surface area contributed by atoms with Crippen molar-refractivity contribution in [3.8, 4) is 5.75 Å². The summed E-state index contributed by atoms with van der Waals surface area (Å²) in [6, 6.07) is 6.70. The highest BCUT2D eigenvalue weighted by molar-refractivity contribution is 5.92. The van der Waals surface area contributed by atoms with Gasteiger partial charge in [0, 0.05) is 6.42 Å². The van der Waals surface area contributed by atoms with Crippen molar-refractivity contribution in [2.24, 2.45) is 46.3 Å². The van der Waals surface area contributed by atoms with E-state index in [0.29, 0.717) is 5.41 Å². The molecule has 3 heteroatoms. The van der Waals surface area contributed by atoms with E-state index < -0.39 is 5.97 Å². The monoisotopic (exact) mass is 506 g/mol. The Morgan fingerprint density at radius 3 is 2.57 bits per heavy atom. The second-order valence-electron chi connectivity index (χ2n) is 14.1. The number of phenolic OH excluding ortho intramolecular Hbond substituents is 1. The van der Waals surface area contributed by atoms with E-state index >= 15 is 0 Å². The van der Waals surface area contributed by atoms with Crippen molar-refractivity contribution < 1.29 is 14.6 Å². The van der Waals surface area contributed by atoms with Gasteiger partial charge in [-0.05, 0) is 103 Å². The van der Waals surface area contributed by atoms with Crippen molar-refractivity contribution in [2.75, 3.05) is 0 Å². The number of aromatic hydroxyl groups is 1. The summed E-state index contributed by atoms with van der Waals surface area (Å²) in [5.41, 5.74) is 2.58. The minimum Gasteiger partial charge on any atom is -0.507 e. The maximum atomic E-state index is 12.7. The zero-order valence-electron chi connectivity index (χ0n) is 24.0. The van der Waals surface area contributed by atoms with E-state index in [2.05, 4.69) is 40.7 Å². The van der Waals surface area contributed by atoms with Gasteiger partial charge in [-0.2, -0.15) is 0 Å². The molecule has 0 amide bonds. The van der Waals surface area contributed by atoms with Crippen LogP contribution < -0.4 is 0 Å². The van der Waals surface area contributed by atoms with Gasteiger partial charge in [0.15, 0.2) is 0 Å². The zero-order chi connectivity index (χ0) is 26.4. The minimum absolute atomic E-state index is 0.00207. The molecule has 0 saturated heterocycles. The normalized spacial score (nSPS) is 37.8. The number of fused-ring (bicyclic) bond motifs is 5. The minimum atomic E-state index is -0.395. The quantitative estimate of drug-likeness (QED) is 0.296. The molecule has 0 heterocycles. The number of allylic oxidation sites excluding steroid dienone is 1. The van der Waals surface area contributed by atoms with Gasteiger partial charge in [0.25, 0.3) is 0 Å². The number of para-hydroxylation sites is 1. The molecule has 0 aromatic heterocycles. The average Bonchev–Trinajstić information content (AvgIpc) is 3.21. The fraction of sp³-hybridized carbons (Fsp3) is 0.735. The Balaban J connectivity index is 1.26. The summed E-state index contributed by atoms with van der Waals surface area (Å²) in [7, 11) is 0. The summed E-state index contributed by atoms with van der Waals surface area (Å²) < 4.78 is 5.92. The topological polar surface area (TPSA) is 46.5 Å². The predicted molar refractivity (Wildman–Crippen MR) is 150 cm³/mol. The number of phenols is 1. The van der Waals surface area contributed by atoms with Crippen LogP contribution in [0.1, 0.15) is 116 Å². The molecule has 0 spiro atoms. The summed E-state index contributed by atoms with van der Waals surface area (Å²) in [5.74, 6) is 4.64. The summed E-state index contributed by atoms with van der Waals surface area (Å²) in [6.07, 6.45) is 16.4. The molecule has 0 aliphatic heterocycles. The third-order valence-electron chi connectivity index (χ3n) is 11.7. The second kappa shape index (κ2) is 10.4. The van der Waals surface area contributed by atoms with Crippen LogP contribution in [0.3, 0.4) is 0 Å². The Hall–Kier alpha value is -1.77. The first-order valence-corrected chi connectivity index (χ1v) is 15.3. The van der Waals surface area contributed by atoms with Crippen LogP contribution in [-0.4, -0.2) is 17.2 Å². The molecule has 4 unspecified atom stereocenters. The number of hydrogen-bond acceptors (Lipinski definition) is 3. The van der Waals surface area contributed by atoms with E-state index in [1.807, 2.05) is 0 Å². The molecule has 1 N–H and O–H groups in total. The molecule has 3 nitrogen and oxygen atoms in total. The van der Waals surface area contributed by atoms with Crippen molar-refractivity contribution >= 4 is 5.97 Å². The number of hydrogen-bond donors (Lipinski definition) is 1. The first-order chi connectivity index (χ1) is 17.6. The van der Waals surface area contributed by atoms with Gasteiger partial charge in [-0.3, -0.25) is 0 Å². The van der Waals surface area contributed by atoms with E-state index in [1.165, 1.54) is 56.9 Å². The van der Waals surface area contributed by atoms with Crippen LogP contribution in [0.15, 0.2) is 35.9 Å². The van der Waals surface area contributed by atoms with Crippen LogP contribution in [0.4, 0.5) is 0 Å². The van der Waals surface area contributed by atoms with Crippen molar-refractivity contribution in [3.63, 3.8) is 0 Å². The van der Waals surface area contributed by atoms with Crippen molar-refractivity contribution in [3.05, 3.63) is 41.5 Å². The standard InChI is InChI=1S/C34H50O3/c1-22(2)9-8-10-23(3)28-15-16-29-26-14-13-24-21-25(37-32(36)27-11-6-7-12-31(27)35)17-19-33(24,4)30(26)18-20-34(28,29)5/h6-7,11-13,22-23,25-26,28-30,35H,8-10,14-21H2,1-5H3/t23-,25?,26?,28-,29?,30?,33+,34-/m1/s1. The fourth-order valence-electron chi connectivity index (χ4n) is 9.61. The smallest absolute Gasteiger partial charge is 0.342 e. The Labute approximate surface area is 225 Å². The molecule has 1 aromatic rings. The zero-order valence-corrected chi connectivity index (χ0v) is 24.0. The molecule has 8 atom stereocenters. The molecule has 4 aliphatic carbocycles. The van der Waals surface area contributed by atoms with Crippen LogP contribution in [0.2, 0.25) is 0 Å². The van der Waals surface area contributed by atoms with Gasteiger partial charge in [0.2, 0.25) is 0 Å².